The molecule has 4 heterocycles. The first-order chi connectivity index (χ1) is 17.3. The van der Waals surface area contributed by atoms with Crippen LogP contribution in [-0.4, -0.2) is 63.5 Å². The summed E-state index contributed by atoms with van der Waals surface area (Å²) in [5, 5.41) is 0. The summed E-state index contributed by atoms with van der Waals surface area (Å²) in [6.45, 7) is 9.27. The van der Waals surface area contributed by atoms with Gasteiger partial charge in [-0.1, -0.05) is 26.0 Å². The van der Waals surface area contributed by atoms with E-state index in [0.717, 1.165) is 43.1 Å². The molecule has 7 nitrogen and oxygen atoms in total. The van der Waals surface area contributed by atoms with Crippen LogP contribution in [0.25, 0.3) is 0 Å². The van der Waals surface area contributed by atoms with Gasteiger partial charge in [0.1, 0.15) is 0 Å². The lowest BCUT2D eigenvalue weighted by Gasteiger charge is -2.64. The maximum Gasteiger partial charge on any atom is 0.481 e. The number of aromatic nitrogens is 2. The van der Waals surface area contributed by atoms with Gasteiger partial charge in [0.15, 0.2) is 0 Å². The van der Waals surface area contributed by atoms with Gasteiger partial charge in [-0.3, -0.25) is 19.7 Å². The van der Waals surface area contributed by atoms with Crippen LogP contribution in [0.3, 0.4) is 0 Å². The molecule has 7 rings (SSSR count). The molecule has 3 aliphatic carbocycles. The van der Waals surface area contributed by atoms with Crippen LogP contribution in [0, 0.1) is 17.3 Å². The van der Waals surface area contributed by atoms with Crippen molar-refractivity contribution in [1.82, 2.24) is 19.8 Å². The molecular weight excluding hydrogens is 451 g/mol. The van der Waals surface area contributed by atoms with E-state index in [1.165, 1.54) is 6.42 Å². The maximum absolute atomic E-state index is 13.7. The van der Waals surface area contributed by atoms with Gasteiger partial charge in [0.2, 0.25) is 5.91 Å². The predicted octanol–water partition coefficient (Wildman–Crippen LogP) is 3.74. The Labute approximate surface area is 214 Å². The fraction of sp³-hybridized carbons (Fsp3) is 0.607. The summed E-state index contributed by atoms with van der Waals surface area (Å²) < 4.78 is 13.3. The van der Waals surface area contributed by atoms with Crippen molar-refractivity contribution in [2.75, 3.05) is 13.1 Å². The van der Waals surface area contributed by atoms with E-state index in [-0.39, 0.29) is 30.7 Å². The quantitative estimate of drug-likeness (QED) is 0.554. The van der Waals surface area contributed by atoms with E-state index >= 15 is 0 Å². The molecule has 2 aliphatic heterocycles. The Morgan fingerprint density at radius 3 is 2.39 bits per heavy atom. The van der Waals surface area contributed by atoms with E-state index in [1.807, 2.05) is 41.3 Å². The number of carbonyl (C=O) groups is 1. The van der Waals surface area contributed by atoms with E-state index in [4.69, 9.17) is 9.31 Å². The zero-order chi connectivity index (χ0) is 24.9. The summed E-state index contributed by atoms with van der Waals surface area (Å²) in [6, 6.07) is 11.8. The van der Waals surface area contributed by atoms with Crippen LogP contribution in [-0.2, 0) is 27.2 Å². The Morgan fingerprint density at radius 1 is 1.08 bits per heavy atom. The molecule has 190 valence electrons. The van der Waals surface area contributed by atoms with Crippen LogP contribution >= 0.6 is 0 Å². The SMILES string of the molecule is CC1(C)C2C[C@@H]1C[C@H]1OB([C@@H]3CCCN3C(=O)CN(Cc3ccccn3)Cc3ccccn3)O[C@@]21C. The zero-order valence-electron chi connectivity index (χ0n) is 21.7. The number of hydrogen-bond donors (Lipinski definition) is 0. The lowest BCUT2D eigenvalue weighted by molar-refractivity contribution is -0.199. The standard InChI is InChI=1S/C28H37BN4O3/c1-27(2)20-15-23(27)28(3)24(16-20)35-29(36-28)25-11-8-14-33(25)26(34)19-32(17-21-9-4-6-12-30-21)18-22-10-5-7-13-31-22/h4-7,9-10,12-13,20,23-25H,8,11,14-19H2,1-3H3/t20-,23?,24-,25+,28+/m1/s1. The molecule has 5 fully saturated rings. The van der Waals surface area contributed by atoms with Gasteiger partial charge in [-0.2, -0.15) is 0 Å². The van der Waals surface area contributed by atoms with E-state index in [1.54, 1.807) is 12.4 Å². The van der Waals surface area contributed by atoms with E-state index in [2.05, 4.69) is 35.6 Å². The number of nitrogens with zero attached hydrogens (tertiary/aromatic N) is 4. The van der Waals surface area contributed by atoms with Crippen LogP contribution in [0.15, 0.2) is 48.8 Å². The van der Waals surface area contributed by atoms with Gasteiger partial charge in [0, 0.05) is 32.0 Å². The second-order valence-electron chi connectivity index (χ2n) is 11.9. The smallest absolute Gasteiger partial charge is 0.404 e. The molecule has 2 bridgehead atoms. The van der Waals surface area contributed by atoms with Crippen LogP contribution in [0.4, 0.5) is 0 Å². The summed E-state index contributed by atoms with van der Waals surface area (Å²) in [5.41, 5.74) is 1.96. The van der Waals surface area contributed by atoms with Crippen molar-refractivity contribution in [2.24, 2.45) is 17.3 Å². The molecule has 0 aromatic carbocycles. The van der Waals surface area contributed by atoms with Crippen LogP contribution < -0.4 is 0 Å². The van der Waals surface area contributed by atoms with Crippen molar-refractivity contribution in [3.8, 4) is 0 Å². The number of rotatable bonds is 7. The molecular formula is C28H37BN4O3. The Bertz CT molecular complexity index is 1050. The van der Waals surface area contributed by atoms with Gasteiger partial charge in [-0.15, -0.1) is 0 Å². The average Bonchev–Trinajstić information content (AvgIpc) is 3.49. The van der Waals surface area contributed by atoms with Crippen LogP contribution in [0.5, 0.6) is 0 Å². The molecule has 1 amide bonds. The van der Waals surface area contributed by atoms with Gasteiger partial charge in [0.25, 0.3) is 0 Å². The number of amides is 1. The average molecular weight is 488 g/mol. The maximum atomic E-state index is 13.7. The highest BCUT2D eigenvalue weighted by atomic mass is 16.7. The number of carbonyl (C=O) groups excluding carboxylic acids is 1. The van der Waals surface area contributed by atoms with Crippen LogP contribution in [0.1, 0.15) is 57.8 Å². The molecule has 5 aliphatic rings. The van der Waals surface area contributed by atoms with Gasteiger partial charge >= 0.3 is 7.12 Å². The molecule has 2 aromatic heterocycles. The topological polar surface area (TPSA) is 67.8 Å². The van der Waals surface area contributed by atoms with Crippen molar-refractivity contribution in [3.05, 3.63) is 60.2 Å². The Hall–Kier alpha value is -2.29. The molecule has 2 saturated heterocycles. The first-order valence-electron chi connectivity index (χ1n) is 13.5. The molecule has 1 unspecified atom stereocenters. The predicted molar refractivity (Wildman–Crippen MR) is 137 cm³/mol. The van der Waals surface area contributed by atoms with Crippen molar-refractivity contribution < 1.29 is 14.1 Å². The lowest BCUT2D eigenvalue weighted by atomic mass is 9.43. The second-order valence-corrected chi connectivity index (χ2v) is 11.9. The summed E-state index contributed by atoms with van der Waals surface area (Å²) in [6.07, 6.45) is 7.95. The van der Waals surface area contributed by atoms with E-state index < -0.39 is 0 Å². The van der Waals surface area contributed by atoms with Crippen molar-refractivity contribution in [2.45, 2.75) is 77.2 Å². The van der Waals surface area contributed by atoms with Crippen molar-refractivity contribution in [1.29, 1.82) is 0 Å². The highest BCUT2D eigenvalue weighted by Gasteiger charge is 2.69. The minimum absolute atomic E-state index is 0.0215. The minimum atomic E-state index is -0.332. The first kappa shape index (κ1) is 24.1. The van der Waals surface area contributed by atoms with Gasteiger partial charge < -0.3 is 14.2 Å². The Morgan fingerprint density at radius 2 is 1.78 bits per heavy atom. The molecule has 8 heteroatoms. The zero-order valence-corrected chi connectivity index (χ0v) is 21.7. The fourth-order valence-corrected chi connectivity index (χ4v) is 7.34. The third-order valence-electron chi connectivity index (χ3n) is 9.48. The normalized spacial score (nSPS) is 32.4. The summed E-state index contributed by atoms with van der Waals surface area (Å²) in [5.74, 6) is 1.35. The minimum Gasteiger partial charge on any atom is -0.404 e. The van der Waals surface area contributed by atoms with E-state index in [9.17, 15) is 4.79 Å². The van der Waals surface area contributed by atoms with Gasteiger partial charge in [-0.05, 0) is 74.1 Å². The van der Waals surface area contributed by atoms with Crippen molar-refractivity contribution >= 4 is 13.0 Å². The number of pyridine rings is 2. The molecule has 0 spiro atoms. The summed E-state index contributed by atoms with van der Waals surface area (Å²) in [4.78, 5) is 26.8. The lowest BCUT2D eigenvalue weighted by Crippen LogP contribution is -2.65. The Balaban J connectivity index is 1.16. The fourth-order valence-electron chi connectivity index (χ4n) is 7.34. The molecule has 0 radical (unpaired) electrons. The van der Waals surface area contributed by atoms with Crippen molar-refractivity contribution in [3.63, 3.8) is 0 Å². The van der Waals surface area contributed by atoms with Crippen LogP contribution in [0.2, 0.25) is 0 Å². The Kier molecular flexibility index (Phi) is 6.17. The number of likely N-dealkylation sites (tertiary alicyclic amines) is 1. The second kappa shape index (κ2) is 9.23. The molecule has 5 atom stereocenters. The summed E-state index contributed by atoms with van der Waals surface area (Å²) >= 11 is 0. The first-order valence-corrected chi connectivity index (χ1v) is 13.5. The highest BCUT2D eigenvalue weighted by molar-refractivity contribution is 6.48. The van der Waals surface area contributed by atoms with Gasteiger partial charge in [-0.25, -0.2) is 0 Å². The molecule has 0 N–H and O–H groups in total. The number of hydrogen-bond acceptors (Lipinski definition) is 6. The summed E-state index contributed by atoms with van der Waals surface area (Å²) in [7, 11) is -0.332. The van der Waals surface area contributed by atoms with Gasteiger partial charge in [0.05, 0.1) is 35.6 Å². The monoisotopic (exact) mass is 488 g/mol. The van der Waals surface area contributed by atoms with E-state index in [0.29, 0.717) is 31.0 Å². The largest absolute Gasteiger partial charge is 0.481 e. The highest BCUT2D eigenvalue weighted by Crippen LogP contribution is 2.65. The molecule has 36 heavy (non-hydrogen) atoms. The third kappa shape index (κ3) is 4.17. The molecule has 2 aromatic rings. The molecule has 3 saturated carbocycles. The third-order valence-corrected chi connectivity index (χ3v) is 9.48.